The topological polar surface area (TPSA) is 52.1 Å². The lowest BCUT2D eigenvalue weighted by Gasteiger charge is -2.12. The van der Waals surface area contributed by atoms with Crippen LogP contribution in [0.1, 0.15) is 18.2 Å². The average molecular weight is 216 g/mol. The van der Waals surface area contributed by atoms with E-state index in [-0.39, 0.29) is 5.92 Å². The molecule has 0 spiro atoms. The van der Waals surface area contributed by atoms with Gasteiger partial charge in [-0.05, 0) is 6.42 Å². The first-order valence-corrected chi connectivity index (χ1v) is 5.03. The maximum absolute atomic E-state index is 10.5. The van der Waals surface area contributed by atoms with E-state index in [0.717, 1.165) is 18.5 Å². The van der Waals surface area contributed by atoms with E-state index < -0.39 is 0 Å². The summed E-state index contributed by atoms with van der Waals surface area (Å²) < 4.78 is 4.99. The molecular weight excluding hydrogens is 204 g/mol. The van der Waals surface area contributed by atoms with Crippen molar-refractivity contribution in [2.24, 2.45) is 0 Å². The predicted octanol–water partition coefficient (Wildman–Crippen LogP) is 1.65. The van der Waals surface area contributed by atoms with Crippen LogP contribution in [0.2, 0.25) is 0 Å². The van der Waals surface area contributed by atoms with Gasteiger partial charge in [-0.25, -0.2) is 9.97 Å². The zero-order valence-electron chi connectivity index (χ0n) is 8.96. The van der Waals surface area contributed by atoms with Crippen LogP contribution in [0.5, 0.6) is 5.75 Å². The summed E-state index contributed by atoms with van der Waals surface area (Å²) in [7, 11) is 1.58. The van der Waals surface area contributed by atoms with Gasteiger partial charge in [0.1, 0.15) is 12.1 Å². The Bertz CT molecular complexity index is 435. The van der Waals surface area contributed by atoms with E-state index in [1.807, 2.05) is 12.2 Å². The Labute approximate surface area is 93.7 Å². The average Bonchev–Trinajstić information content (AvgIpc) is 2.39. The number of methoxy groups -OCH3 is 1. The van der Waals surface area contributed by atoms with Crippen LogP contribution in [-0.4, -0.2) is 23.4 Å². The molecule has 0 aliphatic heterocycles. The zero-order valence-corrected chi connectivity index (χ0v) is 8.96. The van der Waals surface area contributed by atoms with E-state index in [4.69, 9.17) is 4.74 Å². The number of ether oxygens (including phenoxy) is 1. The fourth-order valence-corrected chi connectivity index (χ4v) is 1.54. The minimum atomic E-state index is 0.148. The molecular formula is C12H12N2O2. The first-order chi connectivity index (χ1) is 7.83. The Morgan fingerprint density at radius 3 is 2.69 bits per heavy atom. The summed E-state index contributed by atoms with van der Waals surface area (Å²) in [4.78, 5) is 19.0. The van der Waals surface area contributed by atoms with Gasteiger partial charge in [0.15, 0.2) is 5.75 Å². The molecule has 16 heavy (non-hydrogen) atoms. The number of hydrogen-bond donors (Lipinski definition) is 0. The first kappa shape index (κ1) is 10.5. The second kappa shape index (κ2) is 4.70. The predicted molar refractivity (Wildman–Crippen MR) is 59.2 cm³/mol. The van der Waals surface area contributed by atoms with Gasteiger partial charge in [0.25, 0.3) is 0 Å². The smallest absolute Gasteiger partial charge is 0.155 e. The molecule has 1 heterocycles. The van der Waals surface area contributed by atoms with Crippen molar-refractivity contribution in [3.05, 3.63) is 42.0 Å². The van der Waals surface area contributed by atoms with Crippen LogP contribution in [0.15, 0.2) is 36.2 Å². The number of allylic oxidation sites excluding steroid dienone is 4. The molecule has 0 fully saturated rings. The minimum Gasteiger partial charge on any atom is -0.494 e. The Kier molecular flexibility index (Phi) is 3.10. The minimum absolute atomic E-state index is 0.148. The van der Waals surface area contributed by atoms with Gasteiger partial charge in [0, 0.05) is 11.5 Å². The molecule has 0 saturated carbocycles. The number of aromatic nitrogens is 2. The molecule has 4 heteroatoms. The number of hydrogen-bond acceptors (Lipinski definition) is 4. The molecule has 0 amide bonds. The van der Waals surface area contributed by atoms with Crippen LogP contribution in [0.25, 0.3) is 0 Å². The van der Waals surface area contributed by atoms with Gasteiger partial charge in [-0.1, -0.05) is 18.2 Å². The fourth-order valence-electron chi connectivity index (χ4n) is 1.54. The highest BCUT2D eigenvalue weighted by molar-refractivity contribution is 5.77. The number of rotatable bonds is 3. The van der Waals surface area contributed by atoms with Crippen LogP contribution < -0.4 is 4.74 Å². The van der Waals surface area contributed by atoms with Crippen LogP contribution in [0, 0.1) is 0 Å². The maximum atomic E-state index is 10.5. The number of aldehydes is 1. The molecule has 1 aromatic heterocycles. The van der Waals surface area contributed by atoms with Gasteiger partial charge < -0.3 is 4.74 Å². The molecule has 0 N–H and O–H groups in total. The molecule has 0 radical (unpaired) electrons. The van der Waals surface area contributed by atoms with Gasteiger partial charge in [-0.2, -0.15) is 0 Å². The van der Waals surface area contributed by atoms with Crippen molar-refractivity contribution in [3.8, 4) is 5.75 Å². The Morgan fingerprint density at radius 1 is 1.44 bits per heavy atom. The van der Waals surface area contributed by atoms with E-state index >= 15 is 0 Å². The molecule has 0 saturated heterocycles. The summed E-state index contributed by atoms with van der Waals surface area (Å²) in [5.74, 6) is 1.54. The van der Waals surface area contributed by atoms with Crippen molar-refractivity contribution in [3.63, 3.8) is 0 Å². The van der Waals surface area contributed by atoms with Gasteiger partial charge >= 0.3 is 0 Å². The molecule has 1 atom stereocenters. The summed E-state index contributed by atoms with van der Waals surface area (Å²) in [6.07, 6.45) is 10.5. The third-order valence-electron chi connectivity index (χ3n) is 2.48. The summed E-state index contributed by atoms with van der Waals surface area (Å²) in [5.41, 5.74) is 0.713. The molecule has 0 aromatic carbocycles. The Hall–Kier alpha value is -1.97. The van der Waals surface area contributed by atoms with E-state index in [1.54, 1.807) is 25.6 Å². The van der Waals surface area contributed by atoms with E-state index in [0.29, 0.717) is 11.3 Å². The van der Waals surface area contributed by atoms with Gasteiger partial charge in [0.05, 0.1) is 19.5 Å². The second-order valence-electron chi connectivity index (χ2n) is 3.50. The monoisotopic (exact) mass is 216 g/mol. The summed E-state index contributed by atoms with van der Waals surface area (Å²) in [5, 5.41) is 0. The highest BCUT2D eigenvalue weighted by Crippen LogP contribution is 2.23. The Balaban J connectivity index is 2.12. The van der Waals surface area contributed by atoms with Crippen molar-refractivity contribution in [2.75, 3.05) is 7.11 Å². The Morgan fingerprint density at radius 2 is 2.19 bits per heavy atom. The number of carbonyl (C=O) groups excluding carboxylic acids is 1. The van der Waals surface area contributed by atoms with Gasteiger partial charge in [-0.15, -0.1) is 0 Å². The van der Waals surface area contributed by atoms with Gasteiger partial charge in [0.2, 0.25) is 0 Å². The lowest BCUT2D eigenvalue weighted by Crippen LogP contribution is -2.04. The van der Waals surface area contributed by atoms with Crippen molar-refractivity contribution in [2.45, 2.75) is 12.3 Å². The van der Waals surface area contributed by atoms with E-state index in [9.17, 15) is 4.79 Å². The molecule has 0 bridgehead atoms. The lowest BCUT2D eigenvalue weighted by atomic mass is 9.96. The largest absolute Gasteiger partial charge is 0.494 e. The molecule has 1 aromatic rings. The van der Waals surface area contributed by atoms with Crippen molar-refractivity contribution in [1.82, 2.24) is 9.97 Å². The van der Waals surface area contributed by atoms with Gasteiger partial charge in [-0.3, -0.25) is 4.79 Å². The molecule has 2 rings (SSSR count). The van der Waals surface area contributed by atoms with Crippen LogP contribution in [-0.2, 0) is 4.79 Å². The molecule has 1 unspecified atom stereocenters. The number of carbonyl (C=O) groups is 1. The summed E-state index contributed by atoms with van der Waals surface area (Å²) >= 11 is 0. The molecule has 82 valence electrons. The van der Waals surface area contributed by atoms with Crippen LogP contribution in [0.4, 0.5) is 0 Å². The fraction of sp³-hybridized carbons (Fsp3) is 0.250. The normalized spacial score (nSPS) is 19.1. The quantitative estimate of drug-likeness (QED) is 0.721. The standard InChI is InChI=1S/C12H12N2O2/c1-16-11-6-13-12(14-7-11)10-4-2-9(8-15)3-5-10/h2-4,6-8,10H,5H2,1H3. The van der Waals surface area contributed by atoms with Crippen LogP contribution >= 0.6 is 0 Å². The van der Waals surface area contributed by atoms with E-state index in [1.165, 1.54) is 0 Å². The first-order valence-electron chi connectivity index (χ1n) is 5.03. The highest BCUT2D eigenvalue weighted by Gasteiger charge is 2.13. The SMILES string of the molecule is COc1cnc(C2C=CC(C=O)=CC2)nc1. The highest BCUT2D eigenvalue weighted by atomic mass is 16.5. The number of nitrogens with zero attached hydrogens (tertiary/aromatic N) is 2. The summed E-state index contributed by atoms with van der Waals surface area (Å²) in [6.45, 7) is 0. The third kappa shape index (κ3) is 2.16. The third-order valence-corrected chi connectivity index (χ3v) is 2.48. The van der Waals surface area contributed by atoms with E-state index in [2.05, 4.69) is 9.97 Å². The maximum Gasteiger partial charge on any atom is 0.155 e. The molecule has 4 nitrogen and oxygen atoms in total. The summed E-state index contributed by atoms with van der Waals surface area (Å²) in [6, 6.07) is 0. The lowest BCUT2D eigenvalue weighted by molar-refractivity contribution is -0.104. The molecule has 1 aliphatic carbocycles. The van der Waals surface area contributed by atoms with Crippen molar-refractivity contribution < 1.29 is 9.53 Å². The van der Waals surface area contributed by atoms with Crippen LogP contribution in [0.3, 0.4) is 0 Å². The van der Waals surface area contributed by atoms with Crippen molar-refractivity contribution in [1.29, 1.82) is 0 Å². The van der Waals surface area contributed by atoms with Crippen molar-refractivity contribution >= 4 is 6.29 Å². The zero-order chi connectivity index (χ0) is 11.4. The molecule has 1 aliphatic rings. The second-order valence-corrected chi connectivity index (χ2v) is 3.50.